The number of carbonyl (C=O) groups excluding carboxylic acids is 1. The molecule has 0 spiro atoms. The summed E-state index contributed by atoms with van der Waals surface area (Å²) in [6.07, 6.45) is 6.57. The molecule has 180 valence electrons. The summed E-state index contributed by atoms with van der Waals surface area (Å²) in [6, 6.07) is 8.36. The third-order valence-corrected chi connectivity index (χ3v) is 8.40. The van der Waals surface area contributed by atoms with Gasteiger partial charge >= 0.3 is 0 Å². The topological polar surface area (TPSA) is 110 Å². The van der Waals surface area contributed by atoms with E-state index in [1.807, 2.05) is 13.8 Å². The Morgan fingerprint density at radius 3 is 2.62 bits per heavy atom. The lowest BCUT2D eigenvalue weighted by molar-refractivity contribution is -0.117. The van der Waals surface area contributed by atoms with Crippen molar-refractivity contribution in [3.63, 3.8) is 0 Å². The van der Waals surface area contributed by atoms with Crippen LogP contribution in [0.1, 0.15) is 43.5 Å². The van der Waals surface area contributed by atoms with Crippen LogP contribution in [0.3, 0.4) is 0 Å². The zero-order chi connectivity index (χ0) is 24.3. The lowest BCUT2D eigenvalue weighted by atomic mass is 10.0. The van der Waals surface area contributed by atoms with E-state index in [0.717, 1.165) is 23.4 Å². The average molecular weight is 501 g/mol. The van der Waals surface area contributed by atoms with Gasteiger partial charge in [-0.05, 0) is 68.5 Å². The van der Waals surface area contributed by atoms with Gasteiger partial charge in [0.05, 0.1) is 29.6 Å². The fourth-order valence-electron chi connectivity index (χ4n) is 4.13. The van der Waals surface area contributed by atoms with Gasteiger partial charge in [-0.3, -0.25) is 14.5 Å². The van der Waals surface area contributed by atoms with E-state index >= 15 is 0 Å². The number of ether oxygens (including phenoxy) is 1. The molecule has 3 aromatic rings. The van der Waals surface area contributed by atoms with E-state index < -0.39 is 10.0 Å². The number of sulfonamides is 1. The first-order valence-corrected chi connectivity index (χ1v) is 13.5. The maximum absolute atomic E-state index is 13.2. The molecule has 34 heavy (non-hydrogen) atoms. The number of methoxy groups -OCH3 is 1. The molecule has 1 aliphatic carbocycles. The first-order valence-electron chi connectivity index (χ1n) is 11.2. The van der Waals surface area contributed by atoms with Gasteiger partial charge < -0.3 is 10.1 Å². The third-order valence-electron chi connectivity index (χ3n) is 5.87. The maximum atomic E-state index is 13.2. The van der Waals surface area contributed by atoms with Gasteiger partial charge in [0.1, 0.15) is 10.6 Å². The smallest absolute Gasteiger partial charge is 0.265 e. The predicted molar refractivity (Wildman–Crippen MR) is 134 cm³/mol. The lowest BCUT2D eigenvalue weighted by Gasteiger charge is -2.13. The second-order valence-electron chi connectivity index (χ2n) is 8.50. The van der Waals surface area contributed by atoms with Gasteiger partial charge in [-0.1, -0.05) is 24.2 Å². The molecule has 1 amide bonds. The van der Waals surface area contributed by atoms with Gasteiger partial charge in [0.15, 0.2) is 5.13 Å². The monoisotopic (exact) mass is 500 g/mol. The molecule has 1 aromatic carbocycles. The highest BCUT2D eigenvalue weighted by atomic mass is 32.2. The van der Waals surface area contributed by atoms with Crippen molar-refractivity contribution in [2.45, 2.75) is 50.8 Å². The Bertz CT molecular complexity index is 1280. The summed E-state index contributed by atoms with van der Waals surface area (Å²) >= 11 is 1.33. The van der Waals surface area contributed by atoms with Crippen LogP contribution in [0.25, 0.3) is 10.4 Å². The van der Waals surface area contributed by atoms with Crippen LogP contribution in [0, 0.1) is 19.8 Å². The van der Waals surface area contributed by atoms with Crippen molar-refractivity contribution in [3.8, 4) is 16.2 Å². The SMILES string of the molecule is COc1ccc(-c2sc(NC(=O)CC3CCCC3)nc2C)cc1S(=O)(=O)Nc1ccc(C)nc1. The van der Waals surface area contributed by atoms with Crippen molar-refractivity contribution < 1.29 is 17.9 Å². The molecule has 0 bridgehead atoms. The van der Waals surface area contributed by atoms with Crippen molar-refractivity contribution in [1.82, 2.24) is 9.97 Å². The largest absolute Gasteiger partial charge is 0.495 e. The van der Waals surface area contributed by atoms with Crippen LogP contribution in [-0.4, -0.2) is 31.4 Å². The normalized spacial score (nSPS) is 14.2. The minimum absolute atomic E-state index is 0.00712. The molecule has 4 rings (SSSR count). The molecule has 2 N–H and O–H groups in total. The van der Waals surface area contributed by atoms with Gasteiger partial charge in [-0.25, -0.2) is 13.4 Å². The van der Waals surface area contributed by atoms with Crippen LogP contribution in [0.15, 0.2) is 41.4 Å². The van der Waals surface area contributed by atoms with Crippen LogP contribution in [-0.2, 0) is 14.8 Å². The molecule has 0 atom stereocenters. The molecule has 1 fully saturated rings. The van der Waals surface area contributed by atoms with E-state index in [2.05, 4.69) is 20.0 Å². The van der Waals surface area contributed by atoms with E-state index in [-0.39, 0.29) is 16.6 Å². The second-order valence-corrected chi connectivity index (χ2v) is 11.1. The van der Waals surface area contributed by atoms with E-state index in [0.29, 0.717) is 34.4 Å². The number of benzene rings is 1. The summed E-state index contributed by atoms with van der Waals surface area (Å²) in [7, 11) is -2.51. The molecule has 10 heteroatoms. The van der Waals surface area contributed by atoms with Crippen molar-refractivity contribution in [1.29, 1.82) is 0 Å². The maximum Gasteiger partial charge on any atom is 0.265 e. The molecule has 0 unspecified atom stereocenters. The number of amides is 1. The van der Waals surface area contributed by atoms with E-state index in [1.54, 1.807) is 30.3 Å². The Morgan fingerprint density at radius 2 is 1.94 bits per heavy atom. The number of pyridine rings is 1. The molecule has 1 saturated carbocycles. The molecular weight excluding hydrogens is 472 g/mol. The molecule has 0 radical (unpaired) electrons. The van der Waals surface area contributed by atoms with E-state index in [1.165, 1.54) is 37.5 Å². The Labute approximate surface area is 203 Å². The molecule has 1 aliphatic rings. The average Bonchev–Trinajstić information content (AvgIpc) is 3.44. The number of anilines is 2. The highest BCUT2D eigenvalue weighted by molar-refractivity contribution is 7.92. The van der Waals surface area contributed by atoms with Gasteiger partial charge in [0, 0.05) is 12.1 Å². The van der Waals surface area contributed by atoms with Crippen LogP contribution in [0.4, 0.5) is 10.8 Å². The Hall–Kier alpha value is -2.98. The number of rotatable bonds is 8. The Kier molecular flexibility index (Phi) is 7.18. The summed E-state index contributed by atoms with van der Waals surface area (Å²) < 4.78 is 34.2. The number of aryl methyl sites for hydroxylation is 2. The van der Waals surface area contributed by atoms with Crippen LogP contribution >= 0.6 is 11.3 Å². The van der Waals surface area contributed by atoms with Gasteiger partial charge in [-0.2, -0.15) is 0 Å². The van der Waals surface area contributed by atoms with Crippen LogP contribution < -0.4 is 14.8 Å². The fraction of sp³-hybridized carbons (Fsp3) is 0.375. The number of nitrogens with zero attached hydrogens (tertiary/aromatic N) is 2. The van der Waals surface area contributed by atoms with Crippen LogP contribution in [0.5, 0.6) is 5.75 Å². The summed E-state index contributed by atoms with van der Waals surface area (Å²) in [4.78, 5) is 21.9. The molecule has 0 saturated heterocycles. The number of hydrogen-bond acceptors (Lipinski definition) is 7. The van der Waals surface area contributed by atoms with Gasteiger partial charge in [0.2, 0.25) is 5.91 Å². The highest BCUT2D eigenvalue weighted by Crippen LogP contribution is 2.37. The minimum atomic E-state index is -3.94. The van der Waals surface area contributed by atoms with E-state index in [9.17, 15) is 13.2 Å². The third kappa shape index (κ3) is 5.56. The van der Waals surface area contributed by atoms with Crippen molar-refractivity contribution >= 4 is 38.1 Å². The second kappa shape index (κ2) is 10.1. The minimum Gasteiger partial charge on any atom is -0.495 e. The van der Waals surface area contributed by atoms with Crippen molar-refractivity contribution in [2.24, 2.45) is 5.92 Å². The number of aromatic nitrogens is 2. The van der Waals surface area contributed by atoms with Crippen molar-refractivity contribution in [3.05, 3.63) is 47.9 Å². The standard InChI is InChI=1S/C24H28N4O4S2/c1-15-8-10-19(14-25-15)28-34(30,31)21-13-18(9-11-20(21)32-3)23-16(2)26-24(33-23)27-22(29)12-17-6-4-5-7-17/h8-11,13-14,17,28H,4-7,12H2,1-3H3,(H,26,27,29). The number of nitrogens with one attached hydrogen (secondary N) is 2. The molecular formula is C24H28N4O4S2. The Balaban J connectivity index is 1.58. The fourth-order valence-corrected chi connectivity index (χ4v) is 6.35. The first kappa shape index (κ1) is 24.2. The molecule has 2 aromatic heterocycles. The summed E-state index contributed by atoms with van der Waals surface area (Å²) in [6.45, 7) is 3.67. The predicted octanol–water partition coefficient (Wildman–Crippen LogP) is 5.15. The van der Waals surface area contributed by atoms with Gasteiger partial charge in [0.25, 0.3) is 10.0 Å². The van der Waals surface area contributed by atoms with Crippen LogP contribution in [0.2, 0.25) is 0 Å². The first-order chi connectivity index (χ1) is 16.2. The lowest BCUT2D eigenvalue weighted by Crippen LogP contribution is -2.14. The van der Waals surface area contributed by atoms with Crippen molar-refractivity contribution in [2.75, 3.05) is 17.1 Å². The number of carbonyl (C=O) groups is 1. The highest BCUT2D eigenvalue weighted by Gasteiger charge is 2.23. The molecule has 8 nitrogen and oxygen atoms in total. The zero-order valence-corrected chi connectivity index (χ0v) is 21.1. The zero-order valence-electron chi connectivity index (χ0n) is 19.4. The summed E-state index contributed by atoms with van der Waals surface area (Å²) in [5.41, 5.74) is 2.54. The Morgan fingerprint density at radius 1 is 1.18 bits per heavy atom. The molecule has 2 heterocycles. The van der Waals surface area contributed by atoms with E-state index in [4.69, 9.17) is 4.74 Å². The molecule has 0 aliphatic heterocycles. The number of thiazole rings is 1. The van der Waals surface area contributed by atoms with Gasteiger partial charge in [-0.15, -0.1) is 0 Å². The summed E-state index contributed by atoms with van der Waals surface area (Å²) in [5.74, 6) is 0.649. The quantitative estimate of drug-likeness (QED) is 0.443. The summed E-state index contributed by atoms with van der Waals surface area (Å²) in [5, 5.41) is 3.42. The number of hydrogen-bond donors (Lipinski definition) is 2.